The van der Waals surface area contributed by atoms with Crippen LogP contribution in [0.4, 0.5) is 0 Å². The summed E-state index contributed by atoms with van der Waals surface area (Å²) in [6.45, 7) is 11.8. The van der Waals surface area contributed by atoms with E-state index in [2.05, 4.69) is 64.0 Å². The van der Waals surface area contributed by atoms with Crippen LogP contribution in [0.15, 0.2) is 46.0 Å². The summed E-state index contributed by atoms with van der Waals surface area (Å²) in [6.07, 6.45) is 2.25. The fourth-order valence-corrected chi connectivity index (χ4v) is 5.20. The Morgan fingerprint density at radius 2 is 1.64 bits per heavy atom. The number of nitrogens with zero attached hydrogens (tertiary/aromatic N) is 4. The summed E-state index contributed by atoms with van der Waals surface area (Å²) < 4.78 is 7.81. The molecule has 2 atom stereocenters. The Morgan fingerprint density at radius 1 is 0.972 bits per heavy atom. The zero-order chi connectivity index (χ0) is 25.4. The van der Waals surface area contributed by atoms with Crippen molar-refractivity contribution in [2.24, 2.45) is 0 Å². The van der Waals surface area contributed by atoms with Crippen molar-refractivity contribution in [1.29, 1.82) is 0 Å². The molecule has 2 aromatic rings. The van der Waals surface area contributed by atoms with Crippen LogP contribution < -0.4 is 11.2 Å². The van der Waals surface area contributed by atoms with Crippen LogP contribution in [0.1, 0.15) is 42.5 Å². The Kier molecular flexibility index (Phi) is 6.73. The monoisotopic (exact) mass is 487 g/mol. The molecule has 188 valence electrons. The van der Waals surface area contributed by atoms with Gasteiger partial charge in [-0.3, -0.25) is 14.7 Å². The minimum absolute atomic E-state index is 0.196. The molecule has 1 saturated heterocycles. The number of morpholine rings is 1. The Hall–Kier alpha value is -3.36. The van der Waals surface area contributed by atoms with Crippen molar-refractivity contribution in [2.45, 2.75) is 65.8 Å². The van der Waals surface area contributed by atoms with Crippen molar-refractivity contribution in [2.75, 3.05) is 13.1 Å². The molecule has 5 rings (SSSR count). The lowest BCUT2D eigenvalue weighted by molar-refractivity contribution is -0.0704. The molecule has 0 bridgehead atoms. The largest absolute Gasteiger partial charge is 0.373 e. The van der Waals surface area contributed by atoms with Gasteiger partial charge in [0.2, 0.25) is 0 Å². The van der Waals surface area contributed by atoms with Crippen LogP contribution in [-0.4, -0.2) is 49.7 Å². The number of hydrogen-bond donors (Lipinski definition) is 1. The summed E-state index contributed by atoms with van der Waals surface area (Å²) >= 11 is 0. The Bertz CT molecular complexity index is 1460. The lowest BCUT2D eigenvalue weighted by Gasteiger charge is -2.35. The van der Waals surface area contributed by atoms with Gasteiger partial charge in [-0.05, 0) is 74.9 Å². The van der Waals surface area contributed by atoms with E-state index >= 15 is 0 Å². The molecule has 8 heteroatoms. The van der Waals surface area contributed by atoms with E-state index in [0.717, 1.165) is 54.6 Å². The minimum Gasteiger partial charge on any atom is -0.373 e. The number of aryl methyl sites for hydroxylation is 4. The van der Waals surface area contributed by atoms with Gasteiger partial charge in [-0.25, -0.2) is 9.78 Å². The normalized spacial score (nSPS) is 18.8. The van der Waals surface area contributed by atoms with E-state index in [0.29, 0.717) is 12.4 Å². The molecule has 0 spiro atoms. The third-order valence-corrected chi connectivity index (χ3v) is 7.00. The van der Waals surface area contributed by atoms with Crippen LogP contribution in [-0.2, 0) is 24.2 Å². The first kappa shape index (κ1) is 24.3. The van der Waals surface area contributed by atoms with Gasteiger partial charge in [0.25, 0.3) is 5.56 Å². The van der Waals surface area contributed by atoms with Crippen LogP contribution in [0.3, 0.4) is 0 Å². The third-order valence-electron chi connectivity index (χ3n) is 7.00. The first-order valence-corrected chi connectivity index (χ1v) is 12.6. The molecule has 0 aromatic heterocycles. The number of fused-ring (bicyclic) bond motifs is 2. The lowest BCUT2D eigenvalue weighted by Crippen LogP contribution is -2.44. The molecule has 3 aliphatic rings. The molecule has 0 amide bonds. The minimum atomic E-state index is -0.647. The molecule has 1 fully saturated rings. The molecular formula is C28H33N5O3. The molecule has 8 nitrogen and oxygen atoms in total. The summed E-state index contributed by atoms with van der Waals surface area (Å²) in [4.78, 5) is 37.8. The van der Waals surface area contributed by atoms with E-state index < -0.39 is 11.2 Å². The molecule has 36 heavy (non-hydrogen) atoms. The second-order valence-corrected chi connectivity index (χ2v) is 10.1. The van der Waals surface area contributed by atoms with Gasteiger partial charge in [0.05, 0.1) is 23.2 Å². The van der Waals surface area contributed by atoms with Crippen molar-refractivity contribution in [3.05, 3.63) is 79.5 Å². The van der Waals surface area contributed by atoms with E-state index in [4.69, 9.17) is 4.74 Å². The molecule has 0 saturated carbocycles. The van der Waals surface area contributed by atoms with Crippen molar-refractivity contribution in [3.8, 4) is 11.5 Å². The number of benzene rings is 2. The van der Waals surface area contributed by atoms with Crippen molar-refractivity contribution in [1.82, 2.24) is 24.4 Å². The molecule has 3 aliphatic heterocycles. The third kappa shape index (κ3) is 5.10. The average Bonchev–Trinajstić information content (AvgIpc) is 2.81. The van der Waals surface area contributed by atoms with Crippen molar-refractivity contribution >= 4 is 11.0 Å². The van der Waals surface area contributed by atoms with Gasteiger partial charge in [0.1, 0.15) is 0 Å². The quantitative estimate of drug-likeness (QED) is 0.419. The van der Waals surface area contributed by atoms with Crippen LogP contribution in [0.25, 0.3) is 22.6 Å². The Morgan fingerprint density at radius 3 is 2.36 bits per heavy atom. The highest BCUT2D eigenvalue weighted by Crippen LogP contribution is 2.24. The average molecular weight is 488 g/mol. The van der Waals surface area contributed by atoms with Crippen molar-refractivity contribution < 1.29 is 4.74 Å². The molecule has 0 unspecified atom stereocenters. The van der Waals surface area contributed by atoms with Gasteiger partial charge >= 0.3 is 5.69 Å². The maximum atomic E-state index is 12.5. The lowest BCUT2D eigenvalue weighted by atomic mass is 10.1. The van der Waals surface area contributed by atoms with E-state index in [1.54, 1.807) is 0 Å². The highest BCUT2D eigenvalue weighted by atomic mass is 16.5. The second kappa shape index (κ2) is 9.95. The topological polar surface area (TPSA) is 93.1 Å². The molecule has 1 N–H and O–H groups in total. The Balaban J connectivity index is 1.34. The summed E-state index contributed by atoms with van der Waals surface area (Å²) in [7, 11) is 0. The molecule has 3 heterocycles. The number of ether oxygens (including phenoxy) is 1. The van der Waals surface area contributed by atoms with Gasteiger partial charge in [-0.15, -0.1) is 0 Å². The van der Waals surface area contributed by atoms with Gasteiger partial charge in [0, 0.05) is 26.2 Å². The first-order chi connectivity index (χ1) is 17.3. The van der Waals surface area contributed by atoms with Gasteiger partial charge in [-0.2, -0.15) is 4.98 Å². The predicted molar refractivity (Wildman–Crippen MR) is 141 cm³/mol. The maximum Gasteiger partial charge on any atom is 0.349 e. The number of H-pyrrole nitrogens is 1. The standard InChI is InChI=1S/C28H33N5O3/c1-17-12-23-24(13-18(17)2)33(26-25(29-23)27(34)31-28(35)30-26)11-5-6-21-7-9-22(10-8-21)16-32-14-19(3)36-20(4)15-32/h7-10,12-13,19-20H,5-6,11,14-16H2,1-4H3,(H,31,34,35)/t19-,20+. The first-order valence-electron chi connectivity index (χ1n) is 12.6. The summed E-state index contributed by atoms with van der Waals surface area (Å²) in [5.41, 5.74) is 5.45. The van der Waals surface area contributed by atoms with Crippen LogP contribution in [0, 0.1) is 13.8 Å². The van der Waals surface area contributed by atoms with Crippen LogP contribution in [0.5, 0.6) is 0 Å². The number of hydrogen-bond acceptors (Lipinski definition) is 6. The van der Waals surface area contributed by atoms with Crippen LogP contribution in [0.2, 0.25) is 0 Å². The van der Waals surface area contributed by atoms with Crippen LogP contribution >= 0.6 is 0 Å². The molecule has 2 aromatic carbocycles. The number of nitrogens with one attached hydrogen (secondary N) is 1. The summed E-state index contributed by atoms with van der Waals surface area (Å²) in [6, 6.07) is 12.9. The number of aromatic amines is 1. The van der Waals surface area contributed by atoms with Gasteiger partial charge in [0.15, 0.2) is 11.5 Å². The van der Waals surface area contributed by atoms with E-state index in [1.165, 1.54) is 11.1 Å². The smallest absolute Gasteiger partial charge is 0.349 e. The second-order valence-electron chi connectivity index (χ2n) is 10.1. The van der Waals surface area contributed by atoms with E-state index in [-0.39, 0.29) is 17.9 Å². The summed E-state index contributed by atoms with van der Waals surface area (Å²) in [5.74, 6) is 0.337. The van der Waals surface area contributed by atoms with E-state index in [9.17, 15) is 9.59 Å². The number of rotatable bonds is 6. The van der Waals surface area contributed by atoms with Gasteiger partial charge in [-0.1, -0.05) is 24.3 Å². The maximum absolute atomic E-state index is 12.5. The SMILES string of the molecule is Cc1cc2nc3c(=O)[nH]c(=O)nc-3n(CCCc3ccc(CN4C[C@@H](C)O[C@@H](C)C4)cc3)c2cc1C. The van der Waals surface area contributed by atoms with Crippen molar-refractivity contribution in [3.63, 3.8) is 0 Å². The fraction of sp³-hybridized carbons (Fsp3) is 0.429. The summed E-state index contributed by atoms with van der Waals surface area (Å²) in [5, 5.41) is 0. The molecular weight excluding hydrogens is 454 g/mol. The fourth-order valence-electron chi connectivity index (χ4n) is 5.20. The van der Waals surface area contributed by atoms with E-state index in [1.807, 2.05) is 24.5 Å². The molecule has 0 aliphatic carbocycles. The Labute approximate surface area is 210 Å². The van der Waals surface area contributed by atoms with Gasteiger partial charge < -0.3 is 9.30 Å². The molecule has 0 radical (unpaired) electrons. The zero-order valence-electron chi connectivity index (χ0n) is 21.4. The predicted octanol–water partition coefficient (Wildman–Crippen LogP) is 3.44. The highest BCUT2D eigenvalue weighted by Gasteiger charge is 2.22. The number of aromatic nitrogens is 4. The highest BCUT2D eigenvalue weighted by molar-refractivity contribution is 5.81. The zero-order valence-corrected chi connectivity index (χ0v) is 21.4.